The van der Waals surface area contributed by atoms with Crippen LogP contribution in [0.5, 0.6) is 0 Å². The van der Waals surface area contributed by atoms with Crippen molar-refractivity contribution < 1.29 is 4.79 Å². The zero-order valence-electron chi connectivity index (χ0n) is 9.01. The van der Waals surface area contributed by atoms with E-state index in [-0.39, 0.29) is 5.91 Å². The fraction of sp³-hybridized carbons (Fsp3) is 0.300. The molecule has 0 aliphatic carbocycles. The Balaban J connectivity index is 2.25. The highest BCUT2D eigenvalue weighted by atomic mass is 32.2. The van der Waals surface area contributed by atoms with Crippen LogP contribution in [0.25, 0.3) is 6.08 Å². The summed E-state index contributed by atoms with van der Waals surface area (Å²) in [6.07, 6.45) is 5.47. The van der Waals surface area contributed by atoms with Crippen molar-refractivity contribution in [3.8, 4) is 0 Å². The number of thiocarbonyl (C=S) groups is 1. The highest BCUT2D eigenvalue weighted by Gasteiger charge is 2.28. The second-order valence-corrected chi connectivity index (χ2v) is 5.05. The average molecular weight is 253 g/mol. The summed E-state index contributed by atoms with van der Waals surface area (Å²) in [7, 11) is 1.69. The highest BCUT2D eigenvalue weighted by molar-refractivity contribution is 8.26. The second-order valence-electron chi connectivity index (χ2n) is 3.37. The molecule has 2 rings (SSSR count). The third kappa shape index (κ3) is 2.03. The fourth-order valence-corrected chi connectivity index (χ4v) is 2.50. The van der Waals surface area contributed by atoms with E-state index in [0.29, 0.717) is 9.23 Å². The van der Waals surface area contributed by atoms with Crippen molar-refractivity contribution in [2.24, 2.45) is 0 Å². The number of aryl methyl sites for hydroxylation is 1. The topological polar surface area (TPSA) is 38.1 Å². The quantitative estimate of drug-likeness (QED) is 0.594. The number of nitrogens with zero attached hydrogens (tertiary/aromatic N) is 3. The minimum absolute atomic E-state index is 0.0424. The molecule has 84 valence electrons. The number of hydrogen-bond acceptors (Lipinski definition) is 4. The van der Waals surface area contributed by atoms with Gasteiger partial charge in [0.2, 0.25) is 0 Å². The van der Waals surface area contributed by atoms with Crippen molar-refractivity contribution >= 4 is 40.3 Å². The maximum Gasteiger partial charge on any atom is 0.265 e. The molecule has 4 nitrogen and oxygen atoms in total. The van der Waals surface area contributed by atoms with Gasteiger partial charge in [0.25, 0.3) is 5.91 Å². The first kappa shape index (κ1) is 11.3. The molecule has 0 N–H and O–H groups in total. The summed E-state index contributed by atoms with van der Waals surface area (Å²) in [6.45, 7) is 2.84. The first-order valence-electron chi connectivity index (χ1n) is 4.86. The van der Waals surface area contributed by atoms with Gasteiger partial charge in [-0.05, 0) is 13.0 Å². The molecule has 0 spiro atoms. The molecule has 0 radical (unpaired) electrons. The molecule has 0 bridgehead atoms. The number of carbonyl (C=O) groups is 1. The Morgan fingerprint density at radius 2 is 2.38 bits per heavy atom. The molecule has 0 unspecified atom stereocenters. The Kier molecular flexibility index (Phi) is 3.11. The Morgan fingerprint density at radius 1 is 1.62 bits per heavy atom. The van der Waals surface area contributed by atoms with Crippen LogP contribution < -0.4 is 0 Å². The number of likely N-dealkylation sites (N-methyl/N-ethyl adjacent to an activating group) is 1. The molecule has 0 atom stereocenters. The molecule has 1 aliphatic heterocycles. The van der Waals surface area contributed by atoms with Gasteiger partial charge in [0.1, 0.15) is 4.32 Å². The van der Waals surface area contributed by atoms with Crippen LogP contribution in [-0.4, -0.2) is 32.0 Å². The van der Waals surface area contributed by atoms with Crippen molar-refractivity contribution in [3.63, 3.8) is 0 Å². The van der Waals surface area contributed by atoms with Gasteiger partial charge in [-0.2, -0.15) is 5.10 Å². The van der Waals surface area contributed by atoms with Gasteiger partial charge in [-0.1, -0.05) is 24.0 Å². The van der Waals surface area contributed by atoms with Crippen molar-refractivity contribution in [3.05, 3.63) is 22.9 Å². The molecular formula is C10H11N3OS2. The van der Waals surface area contributed by atoms with Crippen LogP contribution in [0, 0.1) is 0 Å². The second kappa shape index (κ2) is 4.39. The van der Waals surface area contributed by atoms with Gasteiger partial charge >= 0.3 is 0 Å². The van der Waals surface area contributed by atoms with E-state index in [1.54, 1.807) is 13.2 Å². The van der Waals surface area contributed by atoms with E-state index in [0.717, 1.165) is 12.1 Å². The van der Waals surface area contributed by atoms with Gasteiger partial charge in [0.15, 0.2) is 0 Å². The maximum absolute atomic E-state index is 11.7. The van der Waals surface area contributed by atoms with Crippen LogP contribution in [0.4, 0.5) is 0 Å². The van der Waals surface area contributed by atoms with Crippen LogP contribution in [0.1, 0.15) is 12.5 Å². The average Bonchev–Trinajstić information content (AvgIpc) is 2.81. The summed E-state index contributed by atoms with van der Waals surface area (Å²) in [5, 5.41) is 4.14. The van der Waals surface area contributed by atoms with E-state index in [4.69, 9.17) is 12.2 Å². The van der Waals surface area contributed by atoms with Gasteiger partial charge in [0.05, 0.1) is 11.1 Å². The Bertz CT molecular complexity index is 478. The molecular weight excluding hydrogens is 242 g/mol. The first-order chi connectivity index (χ1) is 7.61. The van der Waals surface area contributed by atoms with Crippen molar-refractivity contribution in [1.29, 1.82) is 0 Å². The van der Waals surface area contributed by atoms with Crippen LogP contribution >= 0.6 is 24.0 Å². The SMILES string of the molecule is CCn1cc(/C=C2\SC(=S)N(C)C2=O)cn1. The monoisotopic (exact) mass is 253 g/mol. The zero-order valence-corrected chi connectivity index (χ0v) is 10.6. The lowest BCUT2D eigenvalue weighted by atomic mass is 10.3. The highest BCUT2D eigenvalue weighted by Crippen LogP contribution is 2.31. The third-order valence-corrected chi connectivity index (χ3v) is 3.75. The first-order valence-corrected chi connectivity index (χ1v) is 6.08. The third-order valence-electron chi connectivity index (χ3n) is 2.26. The van der Waals surface area contributed by atoms with E-state index in [2.05, 4.69) is 5.10 Å². The Morgan fingerprint density at radius 3 is 2.88 bits per heavy atom. The van der Waals surface area contributed by atoms with Gasteiger partial charge in [0, 0.05) is 25.4 Å². The molecule has 16 heavy (non-hydrogen) atoms. The molecule has 1 saturated heterocycles. The van der Waals surface area contributed by atoms with Crippen molar-refractivity contribution in [2.45, 2.75) is 13.5 Å². The minimum atomic E-state index is -0.0424. The molecule has 1 aromatic rings. The predicted molar refractivity (Wildman–Crippen MR) is 68.8 cm³/mol. The van der Waals surface area contributed by atoms with Crippen LogP contribution in [-0.2, 0) is 11.3 Å². The lowest BCUT2D eigenvalue weighted by molar-refractivity contribution is -0.121. The smallest absolute Gasteiger partial charge is 0.265 e. The predicted octanol–water partition coefficient (Wildman–Crippen LogP) is 1.73. The number of amides is 1. The number of carbonyl (C=O) groups excluding carboxylic acids is 1. The summed E-state index contributed by atoms with van der Waals surface area (Å²) < 4.78 is 2.41. The van der Waals surface area contributed by atoms with E-state index in [1.165, 1.54) is 16.7 Å². The summed E-state index contributed by atoms with van der Waals surface area (Å²) in [5.41, 5.74) is 0.927. The molecule has 1 amide bonds. The summed E-state index contributed by atoms with van der Waals surface area (Å²) in [6, 6.07) is 0. The van der Waals surface area contributed by atoms with E-state index in [9.17, 15) is 4.79 Å². The Labute approximate surface area is 103 Å². The number of hydrogen-bond donors (Lipinski definition) is 0. The summed E-state index contributed by atoms with van der Waals surface area (Å²) in [4.78, 5) is 13.9. The molecule has 2 heterocycles. The van der Waals surface area contributed by atoms with Crippen molar-refractivity contribution in [2.75, 3.05) is 7.05 Å². The summed E-state index contributed by atoms with van der Waals surface area (Å²) >= 11 is 6.37. The minimum Gasteiger partial charge on any atom is -0.296 e. The van der Waals surface area contributed by atoms with Gasteiger partial charge in [-0.25, -0.2) is 0 Å². The normalized spacial score (nSPS) is 18.9. The molecule has 0 aromatic carbocycles. The molecule has 6 heteroatoms. The number of aromatic nitrogens is 2. The van der Waals surface area contributed by atoms with Crippen LogP contribution in [0.3, 0.4) is 0 Å². The summed E-state index contributed by atoms with van der Waals surface area (Å²) in [5.74, 6) is -0.0424. The number of thioether (sulfide) groups is 1. The lowest BCUT2D eigenvalue weighted by Crippen LogP contribution is -2.22. The molecule has 1 fully saturated rings. The van der Waals surface area contributed by atoms with Crippen LogP contribution in [0.2, 0.25) is 0 Å². The molecule has 0 saturated carbocycles. The van der Waals surface area contributed by atoms with E-state index < -0.39 is 0 Å². The largest absolute Gasteiger partial charge is 0.296 e. The van der Waals surface area contributed by atoms with Gasteiger partial charge in [-0.3, -0.25) is 14.4 Å². The van der Waals surface area contributed by atoms with E-state index >= 15 is 0 Å². The van der Waals surface area contributed by atoms with Gasteiger partial charge in [-0.15, -0.1) is 0 Å². The standard InChI is InChI=1S/C10H11N3OS2/c1-3-13-6-7(5-11-13)4-8-9(14)12(2)10(15)16-8/h4-6H,3H2,1-2H3/b8-4-. The van der Waals surface area contributed by atoms with Crippen molar-refractivity contribution in [1.82, 2.24) is 14.7 Å². The zero-order chi connectivity index (χ0) is 11.7. The van der Waals surface area contributed by atoms with Gasteiger partial charge < -0.3 is 0 Å². The van der Waals surface area contributed by atoms with Crippen LogP contribution in [0.15, 0.2) is 17.3 Å². The van der Waals surface area contributed by atoms with E-state index in [1.807, 2.05) is 23.9 Å². The Hall–Kier alpha value is -1.14. The fourth-order valence-electron chi connectivity index (χ4n) is 1.32. The number of rotatable bonds is 2. The molecule has 1 aromatic heterocycles. The maximum atomic E-state index is 11.7. The molecule has 1 aliphatic rings. The lowest BCUT2D eigenvalue weighted by Gasteiger charge is -2.03.